The molecule has 2 N–H and O–H groups in total. The highest BCUT2D eigenvalue weighted by molar-refractivity contribution is 9.10. The Morgan fingerprint density at radius 1 is 1.53 bits per heavy atom. The van der Waals surface area contributed by atoms with Crippen molar-refractivity contribution in [3.63, 3.8) is 0 Å². The molecule has 1 aliphatic rings. The molecule has 1 amide bonds. The van der Waals surface area contributed by atoms with Gasteiger partial charge in [0.15, 0.2) is 10.4 Å². The van der Waals surface area contributed by atoms with Gasteiger partial charge >= 0.3 is 5.97 Å². The summed E-state index contributed by atoms with van der Waals surface area (Å²) in [5.74, 6) is -1.42. The van der Waals surface area contributed by atoms with E-state index in [1.54, 1.807) is 6.07 Å². The van der Waals surface area contributed by atoms with Crippen molar-refractivity contribution in [3.05, 3.63) is 22.6 Å². The average Bonchev–Trinajstić information content (AvgIpc) is 3.01. The van der Waals surface area contributed by atoms with E-state index in [2.05, 4.69) is 21.2 Å². The maximum Gasteiger partial charge on any atom is 0.329 e. The van der Waals surface area contributed by atoms with Gasteiger partial charge in [-0.15, -0.1) is 0 Å². The summed E-state index contributed by atoms with van der Waals surface area (Å²) in [7, 11) is 0. The van der Waals surface area contributed by atoms with Crippen LogP contribution < -0.4 is 5.32 Å². The lowest BCUT2D eigenvalue weighted by molar-refractivity contribution is -0.144. The summed E-state index contributed by atoms with van der Waals surface area (Å²) in [4.78, 5) is 23.0. The highest BCUT2D eigenvalue weighted by Gasteiger charge is 2.48. The van der Waals surface area contributed by atoms with E-state index in [4.69, 9.17) is 4.42 Å². The first kappa shape index (κ1) is 12.2. The van der Waals surface area contributed by atoms with Gasteiger partial charge in [-0.3, -0.25) is 4.79 Å². The van der Waals surface area contributed by atoms with E-state index in [0.717, 1.165) is 12.8 Å². The number of carbonyl (C=O) groups is 2. The first-order valence-electron chi connectivity index (χ1n) is 5.24. The zero-order chi connectivity index (χ0) is 12.6. The van der Waals surface area contributed by atoms with Crippen LogP contribution in [0, 0.1) is 5.92 Å². The topological polar surface area (TPSA) is 79.5 Å². The fourth-order valence-electron chi connectivity index (χ4n) is 1.72. The van der Waals surface area contributed by atoms with Crippen LogP contribution >= 0.6 is 15.9 Å². The van der Waals surface area contributed by atoms with Crippen molar-refractivity contribution in [3.8, 4) is 0 Å². The van der Waals surface area contributed by atoms with Gasteiger partial charge in [-0.1, -0.05) is 0 Å². The van der Waals surface area contributed by atoms with E-state index in [-0.39, 0.29) is 11.7 Å². The van der Waals surface area contributed by atoms with E-state index in [0.29, 0.717) is 4.67 Å². The smallest absolute Gasteiger partial charge is 0.329 e. The Balaban J connectivity index is 2.14. The lowest BCUT2D eigenvalue weighted by Crippen LogP contribution is -2.53. The maximum atomic E-state index is 11.8. The van der Waals surface area contributed by atoms with Gasteiger partial charge in [-0.2, -0.15) is 0 Å². The first-order chi connectivity index (χ1) is 7.93. The summed E-state index contributed by atoms with van der Waals surface area (Å²) >= 11 is 3.09. The Hall–Kier alpha value is -1.30. The fraction of sp³-hybridized carbons (Fsp3) is 0.455. The van der Waals surface area contributed by atoms with Crippen LogP contribution in [0.2, 0.25) is 0 Å². The second kappa shape index (κ2) is 4.18. The SMILES string of the molecule is CC(NC(=O)c1ccc(Br)o1)(C(=O)O)C1CC1. The zero-order valence-electron chi connectivity index (χ0n) is 9.20. The molecule has 1 aliphatic carbocycles. The van der Waals surface area contributed by atoms with Gasteiger partial charge in [0.25, 0.3) is 5.91 Å². The Bertz CT molecular complexity index is 466. The molecular formula is C11H12BrNO4. The predicted octanol–water partition coefficient (Wildman–Crippen LogP) is 2.03. The lowest BCUT2D eigenvalue weighted by atomic mass is 9.96. The van der Waals surface area contributed by atoms with Crippen LogP contribution in [0.3, 0.4) is 0 Å². The maximum absolute atomic E-state index is 11.8. The number of carbonyl (C=O) groups excluding carboxylic acids is 1. The number of amides is 1. The number of carboxylic acids is 1. The quantitative estimate of drug-likeness (QED) is 0.892. The van der Waals surface area contributed by atoms with Crippen LogP contribution in [0.4, 0.5) is 0 Å². The van der Waals surface area contributed by atoms with Crippen LogP contribution in [0.1, 0.15) is 30.3 Å². The van der Waals surface area contributed by atoms with Gasteiger partial charge in [0.1, 0.15) is 5.54 Å². The molecule has 1 aromatic rings. The molecule has 0 radical (unpaired) electrons. The number of furan rings is 1. The standard InChI is InChI=1S/C11H12BrNO4/c1-11(10(15)16,6-2-3-6)13-9(14)7-4-5-8(12)17-7/h4-6H,2-3H2,1H3,(H,13,14)(H,15,16). The Kier molecular flexibility index (Phi) is 2.99. The summed E-state index contributed by atoms with van der Waals surface area (Å²) in [6.07, 6.45) is 1.65. The van der Waals surface area contributed by atoms with Gasteiger partial charge in [-0.05, 0) is 53.7 Å². The van der Waals surface area contributed by atoms with Gasteiger partial charge in [-0.25, -0.2) is 4.79 Å². The van der Waals surface area contributed by atoms with Crippen molar-refractivity contribution in [2.24, 2.45) is 5.92 Å². The van der Waals surface area contributed by atoms with Crippen molar-refractivity contribution >= 4 is 27.8 Å². The average molecular weight is 302 g/mol. The van der Waals surface area contributed by atoms with E-state index >= 15 is 0 Å². The number of hydrogen-bond donors (Lipinski definition) is 2. The third-order valence-electron chi connectivity index (χ3n) is 3.01. The zero-order valence-corrected chi connectivity index (χ0v) is 10.8. The largest absolute Gasteiger partial charge is 0.480 e. The molecule has 0 saturated heterocycles. The molecule has 1 fully saturated rings. The molecule has 1 atom stereocenters. The number of halogens is 1. The second-order valence-corrected chi connectivity index (χ2v) is 5.12. The molecule has 6 heteroatoms. The summed E-state index contributed by atoms with van der Waals surface area (Å²) in [5.41, 5.74) is -1.21. The Labute approximate surface area is 106 Å². The Morgan fingerprint density at radius 2 is 2.18 bits per heavy atom. The van der Waals surface area contributed by atoms with Crippen LogP contribution in [0.15, 0.2) is 21.2 Å². The van der Waals surface area contributed by atoms with E-state index in [9.17, 15) is 14.7 Å². The normalized spacial score (nSPS) is 18.5. The Morgan fingerprint density at radius 3 is 2.59 bits per heavy atom. The summed E-state index contributed by atoms with van der Waals surface area (Å²) in [5, 5.41) is 11.7. The molecule has 17 heavy (non-hydrogen) atoms. The summed E-state index contributed by atoms with van der Waals surface area (Å²) < 4.78 is 5.52. The molecule has 1 saturated carbocycles. The molecule has 0 aliphatic heterocycles. The third kappa shape index (κ3) is 2.36. The second-order valence-electron chi connectivity index (χ2n) is 4.34. The minimum absolute atomic E-state index is 0.00218. The van der Waals surface area contributed by atoms with Crippen LogP contribution in [-0.2, 0) is 4.79 Å². The van der Waals surface area contributed by atoms with Crippen molar-refractivity contribution in [1.82, 2.24) is 5.32 Å². The monoisotopic (exact) mass is 301 g/mol. The first-order valence-corrected chi connectivity index (χ1v) is 6.04. The molecule has 2 rings (SSSR count). The van der Waals surface area contributed by atoms with Gasteiger partial charge in [0.2, 0.25) is 0 Å². The fourth-order valence-corrected chi connectivity index (χ4v) is 2.03. The molecular weight excluding hydrogens is 290 g/mol. The number of carboxylic acid groups (broad SMARTS) is 1. The molecule has 1 heterocycles. The summed E-state index contributed by atoms with van der Waals surface area (Å²) in [6, 6.07) is 3.08. The highest BCUT2D eigenvalue weighted by atomic mass is 79.9. The number of nitrogens with one attached hydrogen (secondary N) is 1. The molecule has 1 aromatic heterocycles. The van der Waals surface area contributed by atoms with Gasteiger partial charge in [0.05, 0.1) is 0 Å². The molecule has 5 nitrogen and oxygen atoms in total. The van der Waals surface area contributed by atoms with Crippen LogP contribution in [0.25, 0.3) is 0 Å². The van der Waals surface area contributed by atoms with Crippen molar-refractivity contribution < 1.29 is 19.1 Å². The molecule has 0 spiro atoms. The lowest BCUT2D eigenvalue weighted by Gasteiger charge is -2.25. The van der Waals surface area contributed by atoms with Gasteiger partial charge in [0, 0.05) is 0 Å². The van der Waals surface area contributed by atoms with Crippen molar-refractivity contribution in [1.29, 1.82) is 0 Å². The van der Waals surface area contributed by atoms with E-state index in [1.165, 1.54) is 13.0 Å². The minimum Gasteiger partial charge on any atom is -0.480 e. The minimum atomic E-state index is -1.21. The van der Waals surface area contributed by atoms with Crippen LogP contribution in [0.5, 0.6) is 0 Å². The van der Waals surface area contributed by atoms with Crippen LogP contribution in [-0.4, -0.2) is 22.5 Å². The third-order valence-corrected chi connectivity index (χ3v) is 3.43. The number of rotatable bonds is 4. The highest BCUT2D eigenvalue weighted by Crippen LogP contribution is 2.39. The number of aliphatic carboxylic acids is 1. The molecule has 1 unspecified atom stereocenters. The van der Waals surface area contributed by atoms with Gasteiger partial charge < -0.3 is 14.8 Å². The van der Waals surface area contributed by atoms with E-state index in [1.807, 2.05) is 0 Å². The summed E-state index contributed by atoms with van der Waals surface area (Å²) in [6.45, 7) is 1.53. The molecule has 0 bridgehead atoms. The molecule has 92 valence electrons. The number of hydrogen-bond acceptors (Lipinski definition) is 3. The van der Waals surface area contributed by atoms with Crippen molar-refractivity contribution in [2.75, 3.05) is 0 Å². The predicted molar refractivity (Wildman–Crippen MR) is 62.6 cm³/mol. The van der Waals surface area contributed by atoms with E-state index < -0.39 is 17.4 Å². The van der Waals surface area contributed by atoms with Crippen molar-refractivity contribution in [2.45, 2.75) is 25.3 Å². The molecule has 0 aromatic carbocycles.